The molecule has 0 amide bonds. The molecule has 0 N–H and O–H groups in total. The summed E-state index contributed by atoms with van der Waals surface area (Å²) in [6, 6.07) is 37.1. The predicted octanol–water partition coefficient (Wildman–Crippen LogP) is 4.84. The maximum atomic E-state index is 13.7. The molecular formula is C25H21FO2PS+. The summed E-state index contributed by atoms with van der Waals surface area (Å²) in [6.45, 7) is 0. The summed E-state index contributed by atoms with van der Waals surface area (Å²) in [5.41, 5.74) is 0.790. The third-order valence-electron chi connectivity index (χ3n) is 5.19. The van der Waals surface area contributed by atoms with Crippen LogP contribution in [0.25, 0.3) is 0 Å². The summed E-state index contributed by atoms with van der Waals surface area (Å²) in [4.78, 5) is -0.299. The van der Waals surface area contributed by atoms with E-state index in [0.717, 1.165) is 5.56 Å². The third kappa shape index (κ3) is 4.07. The van der Waals surface area contributed by atoms with E-state index in [2.05, 4.69) is 36.4 Å². The van der Waals surface area contributed by atoms with Crippen LogP contribution in [-0.2, 0) is 16.4 Å². The second-order valence-electron chi connectivity index (χ2n) is 7.06. The minimum Gasteiger partial charge on any atom is -0.189 e. The molecule has 0 saturated heterocycles. The monoisotopic (exact) mass is 435 g/mol. The Kier molecular flexibility index (Phi) is 5.80. The van der Waals surface area contributed by atoms with E-state index in [4.69, 9.17) is 0 Å². The molecule has 0 spiro atoms. The van der Waals surface area contributed by atoms with E-state index in [1.165, 1.54) is 28.0 Å². The second kappa shape index (κ2) is 8.51. The highest BCUT2D eigenvalue weighted by atomic mass is 32.3. The second-order valence-corrected chi connectivity index (χ2v) is 11.9. The number of hydrogen-bond donors (Lipinski definition) is 0. The van der Waals surface area contributed by atoms with Gasteiger partial charge in [0.25, 0.3) is 0 Å². The molecule has 0 bridgehead atoms. The first-order valence-electron chi connectivity index (χ1n) is 9.59. The Morgan fingerprint density at radius 1 is 0.600 bits per heavy atom. The molecule has 0 aromatic heterocycles. The zero-order chi connectivity index (χ0) is 21.0. The summed E-state index contributed by atoms with van der Waals surface area (Å²) in [7, 11) is -6.93. The van der Waals surface area contributed by atoms with E-state index < -0.39 is 17.5 Å². The maximum Gasteiger partial charge on any atom is 0.332 e. The van der Waals surface area contributed by atoms with Crippen molar-refractivity contribution in [3.63, 3.8) is 0 Å². The summed E-state index contributed by atoms with van der Waals surface area (Å²) < 4.78 is 36.7. The average molecular weight is 435 g/mol. The van der Waals surface area contributed by atoms with Gasteiger partial charge in [0.1, 0.15) is 23.2 Å². The third-order valence-corrected chi connectivity index (χ3v) is 10.4. The molecule has 4 rings (SSSR count). The average Bonchev–Trinajstić information content (AvgIpc) is 2.79. The number of halogens is 1. The lowest BCUT2D eigenvalue weighted by Gasteiger charge is -2.28. The van der Waals surface area contributed by atoms with Gasteiger partial charge in [-0.05, 0) is 54.1 Å². The van der Waals surface area contributed by atoms with Crippen molar-refractivity contribution in [2.45, 2.75) is 11.1 Å². The molecule has 0 heterocycles. The molecule has 4 aromatic rings. The highest BCUT2D eigenvalue weighted by Crippen LogP contribution is 2.58. The van der Waals surface area contributed by atoms with Crippen LogP contribution in [0.1, 0.15) is 5.56 Å². The van der Waals surface area contributed by atoms with Gasteiger partial charge in [0, 0.05) is 0 Å². The van der Waals surface area contributed by atoms with Gasteiger partial charge in [-0.3, -0.25) is 0 Å². The molecule has 0 unspecified atom stereocenters. The molecule has 0 aliphatic heterocycles. The van der Waals surface area contributed by atoms with Gasteiger partial charge >= 0.3 is 10.2 Å². The summed E-state index contributed by atoms with van der Waals surface area (Å²) in [5.74, 6) is 0. The van der Waals surface area contributed by atoms with Crippen molar-refractivity contribution >= 4 is 33.4 Å². The van der Waals surface area contributed by atoms with Gasteiger partial charge in [-0.2, -0.15) is 8.42 Å². The van der Waals surface area contributed by atoms with E-state index in [-0.39, 0.29) is 4.90 Å². The molecule has 0 radical (unpaired) electrons. The van der Waals surface area contributed by atoms with Crippen LogP contribution in [0.2, 0.25) is 0 Å². The lowest BCUT2D eigenvalue weighted by Crippen LogP contribution is -2.32. The molecule has 0 aliphatic carbocycles. The highest BCUT2D eigenvalue weighted by Gasteiger charge is 2.45. The molecule has 0 atom stereocenters. The van der Waals surface area contributed by atoms with Gasteiger partial charge in [-0.15, -0.1) is 3.89 Å². The minimum atomic E-state index is -4.76. The molecule has 0 saturated carbocycles. The first kappa shape index (κ1) is 20.5. The standard InChI is InChI=1S/C25H21FO2PS/c26-30(27,28)25-18-10-11-21(19-25)20-29(22-12-4-1-5-13-22,23-14-6-2-7-15-23)24-16-8-3-9-17-24/h1-19H,20H2/q+1. The van der Waals surface area contributed by atoms with Crippen LogP contribution in [0.4, 0.5) is 3.89 Å². The van der Waals surface area contributed by atoms with Crippen LogP contribution >= 0.6 is 7.26 Å². The van der Waals surface area contributed by atoms with Crippen molar-refractivity contribution in [1.29, 1.82) is 0 Å². The zero-order valence-electron chi connectivity index (χ0n) is 16.2. The summed E-state index contributed by atoms with van der Waals surface area (Å²) in [5, 5.41) is 3.57. The van der Waals surface area contributed by atoms with Crippen LogP contribution in [0.15, 0.2) is 120 Å². The minimum absolute atomic E-state index is 0.299. The summed E-state index contributed by atoms with van der Waals surface area (Å²) >= 11 is 0. The van der Waals surface area contributed by atoms with Gasteiger partial charge < -0.3 is 0 Å². The zero-order valence-corrected chi connectivity index (χ0v) is 17.9. The van der Waals surface area contributed by atoms with Gasteiger partial charge in [0.15, 0.2) is 0 Å². The fraction of sp³-hybridized carbons (Fsp3) is 0.0400. The van der Waals surface area contributed by atoms with Gasteiger partial charge in [0.05, 0.1) is 11.1 Å². The van der Waals surface area contributed by atoms with Crippen molar-refractivity contribution in [1.82, 2.24) is 0 Å². The van der Waals surface area contributed by atoms with Crippen LogP contribution in [0.5, 0.6) is 0 Å². The number of benzene rings is 4. The van der Waals surface area contributed by atoms with E-state index in [1.807, 2.05) is 60.7 Å². The lowest BCUT2D eigenvalue weighted by atomic mass is 10.2. The van der Waals surface area contributed by atoms with Gasteiger partial charge in [-0.1, -0.05) is 66.7 Å². The molecule has 2 nitrogen and oxygen atoms in total. The van der Waals surface area contributed by atoms with E-state index >= 15 is 0 Å². The van der Waals surface area contributed by atoms with Gasteiger partial charge in [-0.25, -0.2) is 0 Å². The van der Waals surface area contributed by atoms with Crippen molar-refractivity contribution in [3.8, 4) is 0 Å². The molecule has 0 fully saturated rings. The fourth-order valence-electron chi connectivity index (χ4n) is 3.84. The first-order chi connectivity index (χ1) is 14.5. The molecule has 0 aliphatic rings. The highest BCUT2D eigenvalue weighted by molar-refractivity contribution is 7.95. The molecule has 30 heavy (non-hydrogen) atoms. The molecular weight excluding hydrogens is 414 g/mol. The van der Waals surface area contributed by atoms with Gasteiger partial charge in [0.2, 0.25) is 0 Å². The van der Waals surface area contributed by atoms with Crippen molar-refractivity contribution < 1.29 is 12.3 Å². The molecule has 4 aromatic carbocycles. The van der Waals surface area contributed by atoms with Crippen LogP contribution in [0.3, 0.4) is 0 Å². The van der Waals surface area contributed by atoms with Crippen molar-refractivity contribution in [2.75, 3.05) is 0 Å². The fourth-order valence-corrected chi connectivity index (χ4v) is 8.60. The van der Waals surface area contributed by atoms with Crippen LogP contribution in [0, 0.1) is 0 Å². The number of rotatable bonds is 6. The quantitative estimate of drug-likeness (QED) is 0.321. The normalized spacial score (nSPS) is 11.9. The van der Waals surface area contributed by atoms with E-state index in [1.54, 1.807) is 6.07 Å². The predicted molar refractivity (Wildman–Crippen MR) is 124 cm³/mol. The Morgan fingerprint density at radius 2 is 1.03 bits per heavy atom. The maximum absolute atomic E-state index is 13.7. The Balaban J connectivity index is 1.99. The van der Waals surface area contributed by atoms with Crippen LogP contribution < -0.4 is 15.9 Å². The topological polar surface area (TPSA) is 34.1 Å². The smallest absolute Gasteiger partial charge is 0.189 e. The Morgan fingerprint density at radius 3 is 1.43 bits per heavy atom. The number of hydrogen-bond acceptors (Lipinski definition) is 2. The van der Waals surface area contributed by atoms with Crippen LogP contribution in [-0.4, -0.2) is 8.42 Å². The largest absolute Gasteiger partial charge is 0.332 e. The van der Waals surface area contributed by atoms with Crippen molar-refractivity contribution in [3.05, 3.63) is 121 Å². The summed E-state index contributed by atoms with van der Waals surface area (Å²) in [6.07, 6.45) is 0.592. The SMILES string of the molecule is O=S(=O)(F)c1cccc(C[P+](c2ccccc2)(c2ccccc2)c2ccccc2)c1. The molecule has 150 valence electrons. The van der Waals surface area contributed by atoms with Crippen molar-refractivity contribution in [2.24, 2.45) is 0 Å². The first-order valence-corrected chi connectivity index (χ1v) is 12.9. The Bertz CT molecular complexity index is 1130. The lowest BCUT2D eigenvalue weighted by molar-refractivity contribution is 0.552. The van der Waals surface area contributed by atoms with E-state index in [9.17, 15) is 12.3 Å². The van der Waals surface area contributed by atoms with E-state index in [0.29, 0.717) is 6.16 Å². The Hall–Kier alpha value is -2.81. The Labute approximate surface area is 177 Å². The molecule has 5 heteroatoms.